The fraction of sp³-hybridized carbons (Fsp3) is 0.206. The molecule has 5 aromatic rings. The maximum atomic E-state index is 12.7. The highest BCUT2D eigenvalue weighted by Crippen LogP contribution is 2.32. The number of fused-ring (bicyclic) bond motifs is 1. The number of benzene rings is 3. The van der Waals surface area contributed by atoms with Crippen molar-refractivity contribution < 1.29 is 19.1 Å². The molecule has 1 aliphatic heterocycles. The highest BCUT2D eigenvalue weighted by atomic mass is 16.5. The number of pyridine rings is 1. The van der Waals surface area contributed by atoms with E-state index >= 15 is 0 Å². The Hall–Kier alpha value is -5.55. The van der Waals surface area contributed by atoms with Crippen LogP contribution in [-0.4, -0.2) is 79.3 Å². The molecule has 3 amide bonds. The third-order valence-electron chi connectivity index (χ3n) is 7.41. The van der Waals surface area contributed by atoms with Gasteiger partial charge in [-0.2, -0.15) is 0 Å². The van der Waals surface area contributed by atoms with E-state index in [1.54, 1.807) is 45.5 Å². The van der Waals surface area contributed by atoms with Gasteiger partial charge in [0.05, 0.1) is 31.5 Å². The van der Waals surface area contributed by atoms with Crippen LogP contribution in [0.25, 0.3) is 33.5 Å². The van der Waals surface area contributed by atoms with E-state index in [9.17, 15) is 9.59 Å². The molecule has 1 fully saturated rings. The molecule has 3 heterocycles. The van der Waals surface area contributed by atoms with Gasteiger partial charge in [-0.3, -0.25) is 4.79 Å². The number of nitrogens with zero attached hydrogens (tertiary/aromatic N) is 5. The number of aromatic nitrogens is 3. The van der Waals surface area contributed by atoms with Crippen molar-refractivity contribution >= 4 is 40.0 Å². The van der Waals surface area contributed by atoms with E-state index in [-0.39, 0.29) is 5.91 Å². The Bertz CT molecular complexity index is 1840. The average Bonchev–Trinajstić information content (AvgIpc) is 3.08. The van der Waals surface area contributed by atoms with E-state index in [4.69, 9.17) is 19.4 Å². The standard InChI is InChI=1S/C34H33N7O4/c1-40(2)33(42)23-9-14-26(15-10-23)36-34(43)35-25-12-7-22(8-13-25)31-38-29-21-24(28-5-4-6-30(37-28)44-3)11-16-27(29)32(39-31)41-17-19-45-20-18-41/h4-16,21H,17-20H2,1-3H3,(H2,35,36,43). The van der Waals surface area contributed by atoms with Crippen molar-refractivity contribution in [1.82, 2.24) is 19.9 Å². The van der Waals surface area contributed by atoms with Gasteiger partial charge in [0.2, 0.25) is 5.88 Å². The number of hydrogen-bond acceptors (Lipinski definition) is 8. The summed E-state index contributed by atoms with van der Waals surface area (Å²) in [7, 11) is 4.99. The zero-order valence-electron chi connectivity index (χ0n) is 25.3. The topological polar surface area (TPSA) is 122 Å². The van der Waals surface area contributed by atoms with Gasteiger partial charge in [0.15, 0.2) is 5.82 Å². The van der Waals surface area contributed by atoms with Gasteiger partial charge in [0.25, 0.3) is 5.91 Å². The van der Waals surface area contributed by atoms with Crippen LogP contribution in [0.2, 0.25) is 0 Å². The first-order valence-electron chi connectivity index (χ1n) is 14.5. The molecule has 0 saturated carbocycles. The number of rotatable bonds is 7. The van der Waals surface area contributed by atoms with Crippen LogP contribution in [0.15, 0.2) is 84.9 Å². The third-order valence-corrected chi connectivity index (χ3v) is 7.41. The van der Waals surface area contributed by atoms with Gasteiger partial charge >= 0.3 is 6.03 Å². The van der Waals surface area contributed by atoms with Crippen molar-refractivity contribution in [2.75, 3.05) is 63.0 Å². The molecule has 0 radical (unpaired) electrons. The Kier molecular flexibility index (Phi) is 8.52. The zero-order valence-corrected chi connectivity index (χ0v) is 25.3. The van der Waals surface area contributed by atoms with Crippen molar-refractivity contribution in [2.45, 2.75) is 0 Å². The molecule has 0 aliphatic carbocycles. The minimum atomic E-state index is -0.398. The average molecular weight is 604 g/mol. The molecule has 0 unspecified atom stereocenters. The highest BCUT2D eigenvalue weighted by molar-refractivity contribution is 6.00. The number of nitrogens with one attached hydrogen (secondary N) is 2. The molecule has 1 saturated heterocycles. The SMILES string of the molecule is COc1cccc(-c2ccc3c(N4CCOCC4)nc(-c4ccc(NC(=O)Nc5ccc(C(=O)N(C)C)cc5)cc4)nc3c2)n1. The summed E-state index contributed by atoms with van der Waals surface area (Å²) in [6.07, 6.45) is 0. The summed E-state index contributed by atoms with van der Waals surface area (Å²) in [6.45, 7) is 2.73. The molecule has 11 heteroatoms. The monoisotopic (exact) mass is 603 g/mol. The summed E-state index contributed by atoms with van der Waals surface area (Å²) < 4.78 is 10.9. The number of morpholine rings is 1. The Labute approximate surface area is 260 Å². The number of ether oxygens (including phenoxy) is 2. The fourth-order valence-electron chi connectivity index (χ4n) is 5.06. The molecule has 2 N–H and O–H groups in total. The second-order valence-electron chi connectivity index (χ2n) is 10.7. The first-order valence-corrected chi connectivity index (χ1v) is 14.5. The molecule has 2 aromatic heterocycles. The van der Waals surface area contributed by atoms with E-state index in [2.05, 4.69) is 20.5 Å². The van der Waals surface area contributed by atoms with E-state index in [1.807, 2.05) is 60.7 Å². The fourth-order valence-corrected chi connectivity index (χ4v) is 5.06. The van der Waals surface area contributed by atoms with E-state index in [1.165, 1.54) is 4.90 Å². The summed E-state index contributed by atoms with van der Waals surface area (Å²) >= 11 is 0. The largest absolute Gasteiger partial charge is 0.481 e. The lowest BCUT2D eigenvalue weighted by atomic mass is 10.1. The Morgan fingerprint density at radius 2 is 1.49 bits per heavy atom. The van der Waals surface area contributed by atoms with Crippen LogP contribution in [0.5, 0.6) is 5.88 Å². The van der Waals surface area contributed by atoms with Crippen LogP contribution < -0.4 is 20.3 Å². The van der Waals surface area contributed by atoms with Gasteiger partial charge in [0, 0.05) is 66.7 Å². The molecule has 0 atom stereocenters. The van der Waals surface area contributed by atoms with Crippen molar-refractivity contribution in [3.8, 4) is 28.5 Å². The highest BCUT2D eigenvalue weighted by Gasteiger charge is 2.19. The van der Waals surface area contributed by atoms with Crippen molar-refractivity contribution in [3.63, 3.8) is 0 Å². The summed E-state index contributed by atoms with van der Waals surface area (Å²) in [5.41, 5.74) is 5.04. The maximum Gasteiger partial charge on any atom is 0.323 e. The second kappa shape index (κ2) is 13.0. The Morgan fingerprint density at radius 3 is 2.16 bits per heavy atom. The molecule has 0 bridgehead atoms. The molecule has 228 valence electrons. The lowest BCUT2D eigenvalue weighted by Crippen LogP contribution is -2.37. The van der Waals surface area contributed by atoms with Crippen molar-refractivity contribution in [1.29, 1.82) is 0 Å². The predicted octanol–water partition coefficient (Wildman–Crippen LogP) is 5.55. The van der Waals surface area contributed by atoms with Gasteiger partial charge in [-0.25, -0.2) is 19.7 Å². The first kappa shape index (κ1) is 29.5. The van der Waals surface area contributed by atoms with Gasteiger partial charge in [-0.15, -0.1) is 0 Å². The zero-order chi connectivity index (χ0) is 31.3. The number of carbonyl (C=O) groups excluding carboxylic acids is 2. The van der Waals surface area contributed by atoms with Gasteiger partial charge < -0.3 is 29.9 Å². The minimum Gasteiger partial charge on any atom is -0.481 e. The number of urea groups is 1. The number of anilines is 3. The summed E-state index contributed by atoms with van der Waals surface area (Å²) in [5.74, 6) is 1.86. The minimum absolute atomic E-state index is 0.104. The van der Waals surface area contributed by atoms with Gasteiger partial charge in [0.1, 0.15) is 5.82 Å². The number of carbonyl (C=O) groups is 2. The van der Waals surface area contributed by atoms with Gasteiger partial charge in [-0.1, -0.05) is 12.1 Å². The van der Waals surface area contributed by atoms with Crippen LogP contribution in [-0.2, 0) is 4.74 Å². The smallest absolute Gasteiger partial charge is 0.323 e. The van der Waals surface area contributed by atoms with Crippen molar-refractivity contribution in [3.05, 3.63) is 90.5 Å². The van der Waals surface area contributed by atoms with Crippen LogP contribution in [0.4, 0.5) is 22.0 Å². The maximum absolute atomic E-state index is 12.7. The summed E-state index contributed by atoms with van der Waals surface area (Å²) in [5, 5.41) is 6.59. The summed E-state index contributed by atoms with van der Waals surface area (Å²) in [6, 6.07) is 25.5. The Morgan fingerprint density at radius 1 is 0.822 bits per heavy atom. The molecule has 45 heavy (non-hydrogen) atoms. The molecular weight excluding hydrogens is 570 g/mol. The lowest BCUT2D eigenvalue weighted by molar-refractivity contribution is 0.0827. The molecule has 3 aromatic carbocycles. The Balaban J connectivity index is 1.25. The molecule has 6 rings (SSSR count). The lowest BCUT2D eigenvalue weighted by Gasteiger charge is -2.29. The van der Waals surface area contributed by atoms with Crippen LogP contribution >= 0.6 is 0 Å². The van der Waals surface area contributed by atoms with Crippen molar-refractivity contribution in [2.24, 2.45) is 0 Å². The molecular formula is C34H33N7O4. The number of amides is 3. The third kappa shape index (κ3) is 6.68. The molecule has 1 aliphatic rings. The quantitative estimate of drug-likeness (QED) is 0.248. The van der Waals surface area contributed by atoms with Crippen LogP contribution in [0.3, 0.4) is 0 Å². The van der Waals surface area contributed by atoms with Crippen LogP contribution in [0.1, 0.15) is 10.4 Å². The van der Waals surface area contributed by atoms with E-state index in [0.717, 1.165) is 46.6 Å². The molecule has 11 nitrogen and oxygen atoms in total. The van der Waals surface area contributed by atoms with Crippen LogP contribution in [0, 0.1) is 0 Å². The number of methoxy groups -OCH3 is 1. The summed E-state index contributed by atoms with van der Waals surface area (Å²) in [4.78, 5) is 43.0. The normalized spacial score (nSPS) is 12.9. The number of hydrogen-bond donors (Lipinski definition) is 2. The van der Waals surface area contributed by atoms with E-state index in [0.29, 0.717) is 41.9 Å². The second-order valence-corrected chi connectivity index (χ2v) is 10.7. The predicted molar refractivity (Wildman–Crippen MR) is 175 cm³/mol. The van der Waals surface area contributed by atoms with Gasteiger partial charge in [-0.05, 0) is 66.7 Å². The molecule has 0 spiro atoms. The first-order chi connectivity index (χ1) is 21.9. The van der Waals surface area contributed by atoms with E-state index < -0.39 is 6.03 Å².